The van der Waals surface area contributed by atoms with E-state index in [9.17, 15) is 0 Å². The second kappa shape index (κ2) is 5.80. The van der Waals surface area contributed by atoms with E-state index in [1.165, 1.54) is 12.8 Å². The summed E-state index contributed by atoms with van der Waals surface area (Å²) >= 11 is 5.97. The summed E-state index contributed by atoms with van der Waals surface area (Å²) in [6.45, 7) is 4.99. The molecular formula is C13H20ClN3. The molecule has 1 fully saturated rings. The summed E-state index contributed by atoms with van der Waals surface area (Å²) in [7, 11) is 0. The Kier molecular flexibility index (Phi) is 4.37. The number of likely N-dealkylation sites (tertiary alicyclic amines) is 1. The molecular weight excluding hydrogens is 234 g/mol. The molecule has 4 heteroatoms. The Labute approximate surface area is 108 Å². The fourth-order valence-corrected chi connectivity index (χ4v) is 2.68. The van der Waals surface area contributed by atoms with Gasteiger partial charge in [-0.2, -0.15) is 0 Å². The van der Waals surface area contributed by atoms with Gasteiger partial charge < -0.3 is 5.73 Å². The third-order valence-corrected chi connectivity index (χ3v) is 3.75. The maximum atomic E-state index is 5.97. The minimum Gasteiger partial charge on any atom is -0.329 e. The van der Waals surface area contributed by atoms with Crippen LogP contribution in [0.2, 0.25) is 5.02 Å². The molecule has 2 N–H and O–H groups in total. The highest BCUT2D eigenvalue weighted by atomic mass is 35.5. The Morgan fingerprint density at radius 1 is 1.59 bits per heavy atom. The first-order valence-electron chi connectivity index (χ1n) is 6.23. The Morgan fingerprint density at radius 2 is 2.41 bits per heavy atom. The van der Waals surface area contributed by atoms with Gasteiger partial charge in [0.15, 0.2) is 0 Å². The zero-order valence-corrected chi connectivity index (χ0v) is 11.0. The van der Waals surface area contributed by atoms with E-state index in [0.29, 0.717) is 6.04 Å². The predicted molar refractivity (Wildman–Crippen MR) is 70.9 cm³/mol. The van der Waals surface area contributed by atoms with E-state index in [2.05, 4.69) is 16.8 Å². The smallest absolute Gasteiger partial charge is 0.0558 e. The molecule has 17 heavy (non-hydrogen) atoms. The number of rotatable bonds is 3. The van der Waals surface area contributed by atoms with Crippen molar-refractivity contribution in [3.63, 3.8) is 0 Å². The third-order valence-electron chi connectivity index (χ3n) is 3.52. The first-order valence-corrected chi connectivity index (χ1v) is 6.61. The number of hydrogen-bond donors (Lipinski definition) is 1. The van der Waals surface area contributed by atoms with Crippen LogP contribution >= 0.6 is 11.6 Å². The van der Waals surface area contributed by atoms with Crippen molar-refractivity contribution in [2.45, 2.75) is 32.4 Å². The van der Waals surface area contributed by atoms with E-state index < -0.39 is 0 Å². The summed E-state index contributed by atoms with van der Waals surface area (Å²) < 4.78 is 0. The molecule has 1 aromatic rings. The Bertz CT molecular complexity index is 369. The van der Waals surface area contributed by atoms with Crippen molar-refractivity contribution in [1.29, 1.82) is 0 Å². The van der Waals surface area contributed by atoms with E-state index in [-0.39, 0.29) is 0 Å². The van der Waals surface area contributed by atoms with E-state index in [1.54, 1.807) is 6.20 Å². The molecule has 3 nitrogen and oxygen atoms in total. The predicted octanol–water partition coefficient (Wildman–Crippen LogP) is 2.29. The van der Waals surface area contributed by atoms with Crippen LogP contribution in [0.15, 0.2) is 18.3 Å². The average molecular weight is 254 g/mol. The van der Waals surface area contributed by atoms with Crippen molar-refractivity contribution in [3.8, 4) is 0 Å². The van der Waals surface area contributed by atoms with Gasteiger partial charge in [-0.3, -0.25) is 9.88 Å². The molecule has 0 aromatic carbocycles. The zero-order valence-electron chi connectivity index (χ0n) is 10.3. The lowest BCUT2D eigenvalue weighted by molar-refractivity contribution is 0.114. The molecule has 2 rings (SSSR count). The second-order valence-electron chi connectivity index (χ2n) is 4.95. The normalized spacial score (nSPS) is 26.1. The highest BCUT2D eigenvalue weighted by Gasteiger charge is 2.25. The minimum atomic E-state index is 0.486. The number of pyridine rings is 1. The highest BCUT2D eigenvalue weighted by Crippen LogP contribution is 2.23. The molecule has 1 aliphatic heterocycles. The quantitative estimate of drug-likeness (QED) is 0.899. The minimum absolute atomic E-state index is 0.486. The van der Waals surface area contributed by atoms with Gasteiger partial charge in [-0.15, -0.1) is 0 Å². The summed E-state index contributed by atoms with van der Waals surface area (Å²) in [4.78, 5) is 6.78. The number of hydrogen-bond acceptors (Lipinski definition) is 3. The van der Waals surface area contributed by atoms with Gasteiger partial charge in [-0.05, 0) is 37.4 Å². The van der Waals surface area contributed by atoms with E-state index in [0.717, 1.165) is 36.3 Å². The zero-order chi connectivity index (χ0) is 12.3. The van der Waals surface area contributed by atoms with Crippen molar-refractivity contribution >= 4 is 11.6 Å². The van der Waals surface area contributed by atoms with Gasteiger partial charge in [0, 0.05) is 30.4 Å². The van der Waals surface area contributed by atoms with Crippen LogP contribution in [0.5, 0.6) is 0 Å². The highest BCUT2D eigenvalue weighted by molar-refractivity contribution is 6.30. The van der Waals surface area contributed by atoms with Crippen molar-refractivity contribution in [2.24, 2.45) is 11.7 Å². The molecule has 2 atom stereocenters. The number of nitrogens with zero attached hydrogens (tertiary/aromatic N) is 2. The number of halogens is 1. The molecule has 0 aliphatic carbocycles. The summed E-state index contributed by atoms with van der Waals surface area (Å²) in [5.74, 6) is 0.784. The fourth-order valence-electron chi connectivity index (χ4n) is 2.50. The Balaban J connectivity index is 2.02. The van der Waals surface area contributed by atoms with E-state index in [1.807, 2.05) is 12.1 Å². The number of piperidine rings is 1. The van der Waals surface area contributed by atoms with Crippen molar-refractivity contribution in [3.05, 3.63) is 29.0 Å². The molecule has 1 aromatic heterocycles. The largest absolute Gasteiger partial charge is 0.329 e. The molecule has 0 saturated carbocycles. The van der Waals surface area contributed by atoms with Gasteiger partial charge in [0.1, 0.15) is 0 Å². The molecule has 1 aliphatic rings. The van der Waals surface area contributed by atoms with Crippen molar-refractivity contribution in [1.82, 2.24) is 9.88 Å². The molecule has 2 unspecified atom stereocenters. The lowest BCUT2D eigenvalue weighted by Crippen LogP contribution is -2.45. The Hall–Kier alpha value is -0.640. The van der Waals surface area contributed by atoms with Crippen LogP contribution in [0.4, 0.5) is 0 Å². The van der Waals surface area contributed by atoms with Crippen LogP contribution in [0, 0.1) is 5.92 Å². The van der Waals surface area contributed by atoms with E-state index in [4.69, 9.17) is 17.3 Å². The van der Waals surface area contributed by atoms with E-state index >= 15 is 0 Å². The van der Waals surface area contributed by atoms with Crippen LogP contribution in [0.3, 0.4) is 0 Å². The van der Waals surface area contributed by atoms with Crippen LogP contribution in [0.25, 0.3) is 0 Å². The van der Waals surface area contributed by atoms with Crippen LogP contribution in [0.1, 0.15) is 25.5 Å². The van der Waals surface area contributed by atoms with Crippen LogP contribution in [-0.4, -0.2) is 29.0 Å². The van der Waals surface area contributed by atoms with Gasteiger partial charge in [0.05, 0.1) is 5.69 Å². The first kappa shape index (κ1) is 12.8. The number of aromatic nitrogens is 1. The SMILES string of the molecule is CC1CCN(Cc2cc(Cl)ccn2)C(CN)C1. The maximum Gasteiger partial charge on any atom is 0.0558 e. The van der Waals surface area contributed by atoms with Crippen molar-refractivity contribution in [2.75, 3.05) is 13.1 Å². The van der Waals surface area contributed by atoms with Gasteiger partial charge in [-0.1, -0.05) is 18.5 Å². The summed E-state index contributed by atoms with van der Waals surface area (Å²) in [6, 6.07) is 4.23. The van der Waals surface area contributed by atoms with Crippen LogP contribution in [-0.2, 0) is 6.54 Å². The molecule has 1 saturated heterocycles. The molecule has 0 spiro atoms. The van der Waals surface area contributed by atoms with Gasteiger partial charge in [0.25, 0.3) is 0 Å². The summed E-state index contributed by atoms with van der Waals surface area (Å²) in [5, 5.41) is 0.754. The Morgan fingerprint density at radius 3 is 3.12 bits per heavy atom. The average Bonchev–Trinajstić information content (AvgIpc) is 2.31. The molecule has 0 amide bonds. The molecule has 2 heterocycles. The number of nitrogens with two attached hydrogens (primary N) is 1. The standard InChI is InChI=1S/C13H20ClN3/c1-10-3-5-17(13(6-10)8-15)9-12-7-11(14)2-4-16-12/h2,4,7,10,13H,3,5-6,8-9,15H2,1H3. The monoisotopic (exact) mass is 253 g/mol. The topological polar surface area (TPSA) is 42.2 Å². The summed E-state index contributed by atoms with van der Waals surface area (Å²) in [6.07, 6.45) is 4.20. The first-order chi connectivity index (χ1) is 8.19. The lowest BCUT2D eigenvalue weighted by atomic mass is 9.92. The molecule has 94 valence electrons. The third kappa shape index (κ3) is 3.41. The van der Waals surface area contributed by atoms with Crippen molar-refractivity contribution < 1.29 is 0 Å². The van der Waals surface area contributed by atoms with Gasteiger partial charge in [0.2, 0.25) is 0 Å². The molecule has 0 radical (unpaired) electrons. The molecule has 0 bridgehead atoms. The van der Waals surface area contributed by atoms with Gasteiger partial charge in [-0.25, -0.2) is 0 Å². The maximum absolute atomic E-state index is 5.97. The summed E-state index contributed by atoms with van der Waals surface area (Å²) in [5.41, 5.74) is 6.88. The van der Waals surface area contributed by atoms with Gasteiger partial charge >= 0.3 is 0 Å². The second-order valence-corrected chi connectivity index (χ2v) is 5.39. The van der Waals surface area contributed by atoms with Crippen LogP contribution < -0.4 is 5.73 Å². The lowest BCUT2D eigenvalue weighted by Gasteiger charge is -2.37. The fraction of sp³-hybridized carbons (Fsp3) is 0.615.